The van der Waals surface area contributed by atoms with E-state index in [1.807, 2.05) is 6.07 Å². The maximum absolute atomic E-state index is 10.4. The molecule has 0 atom stereocenters. The van der Waals surface area contributed by atoms with Crippen molar-refractivity contribution in [2.24, 2.45) is 0 Å². The molecule has 94 valence electrons. The summed E-state index contributed by atoms with van der Waals surface area (Å²) in [5.74, 6) is 0. The first-order valence-corrected chi connectivity index (χ1v) is 6.68. The van der Waals surface area contributed by atoms with Gasteiger partial charge in [0.05, 0.1) is 0 Å². The molecule has 0 N–H and O–H groups in total. The summed E-state index contributed by atoms with van der Waals surface area (Å²) < 4.78 is 0.131. The van der Waals surface area contributed by atoms with E-state index in [2.05, 4.69) is 22.9 Å². The summed E-state index contributed by atoms with van der Waals surface area (Å²) in [6, 6.07) is 8.74. The summed E-state index contributed by atoms with van der Waals surface area (Å²) in [6.07, 6.45) is 4.06. The third-order valence-corrected chi connectivity index (χ3v) is 2.59. The molecule has 4 heteroatoms. The van der Waals surface area contributed by atoms with Crippen LogP contribution in [0.5, 0.6) is 0 Å². The van der Waals surface area contributed by atoms with Crippen LogP contribution in [0.1, 0.15) is 43.0 Å². The zero-order chi connectivity index (χ0) is 13.1. The summed E-state index contributed by atoms with van der Waals surface area (Å²) in [7, 11) is 0. The maximum atomic E-state index is 10.4. The first-order chi connectivity index (χ1) is 8.07. The van der Waals surface area contributed by atoms with E-state index in [4.69, 9.17) is 11.6 Å². The van der Waals surface area contributed by atoms with Gasteiger partial charge in [-0.25, -0.2) is 0 Å². The molecule has 1 aromatic rings. The molecule has 0 spiro atoms. The molecule has 0 bridgehead atoms. The predicted octanol–water partition coefficient (Wildman–Crippen LogP) is 4.55. The summed E-state index contributed by atoms with van der Waals surface area (Å²) in [5, 5.41) is -0.407. The minimum Gasteiger partial charge on any atom is -0.287 e. The molecule has 0 aromatic heterocycles. The van der Waals surface area contributed by atoms with Gasteiger partial charge in [0.15, 0.2) is 4.69 Å². The minimum atomic E-state index is -0.407. The van der Waals surface area contributed by atoms with Crippen LogP contribution in [0, 0.1) is 0 Å². The van der Waals surface area contributed by atoms with Crippen LogP contribution in [-0.2, 0) is 4.79 Å². The highest BCUT2D eigenvalue weighted by Gasteiger charge is 1.96. The number of halogens is 2. The molecule has 0 saturated heterocycles. The van der Waals surface area contributed by atoms with Crippen LogP contribution in [0.25, 0.3) is 0 Å². The van der Waals surface area contributed by atoms with Crippen LogP contribution in [0.3, 0.4) is 0 Å². The Morgan fingerprint density at radius 1 is 1.18 bits per heavy atom. The second-order valence-corrected chi connectivity index (χ2v) is 4.68. The van der Waals surface area contributed by atoms with E-state index in [1.165, 1.54) is 6.42 Å². The molecule has 0 radical (unpaired) electrons. The average molecular weight is 320 g/mol. The second-order valence-electron chi connectivity index (χ2n) is 3.45. The van der Waals surface area contributed by atoms with Crippen LogP contribution in [0.4, 0.5) is 0 Å². The molecular weight excluding hydrogens is 303 g/mol. The lowest BCUT2D eigenvalue weighted by atomic mass is 10.2. The number of hydrogen-bond acceptors (Lipinski definition) is 2. The van der Waals surface area contributed by atoms with Crippen LogP contribution in [-0.4, -0.2) is 9.93 Å². The number of carbonyl (C=O) groups excluding carboxylic acids is 2. The Kier molecular flexibility index (Phi) is 10.1. The number of rotatable bonds is 5. The normalized spacial score (nSPS) is 9.12. The zero-order valence-electron chi connectivity index (χ0n) is 9.79. The summed E-state index contributed by atoms with van der Waals surface area (Å²) in [6.45, 7) is 2.12. The van der Waals surface area contributed by atoms with Crippen molar-refractivity contribution in [3.8, 4) is 0 Å². The fourth-order valence-electron chi connectivity index (χ4n) is 1.08. The molecule has 1 aromatic carbocycles. The molecule has 0 saturated carbocycles. The predicted molar refractivity (Wildman–Crippen MR) is 74.7 cm³/mol. The Hall–Kier alpha value is -0.670. The van der Waals surface area contributed by atoms with Crippen LogP contribution < -0.4 is 0 Å². The SMILES string of the molecule is CCCCCC(=O)Br.O=C(Cl)c1ccccc1. The van der Waals surface area contributed by atoms with Gasteiger partial charge in [0.1, 0.15) is 0 Å². The molecule has 0 amide bonds. The molecule has 17 heavy (non-hydrogen) atoms. The molecule has 2 nitrogen and oxygen atoms in total. The van der Waals surface area contributed by atoms with Gasteiger partial charge in [-0.05, 0) is 34.0 Å². The Bertz CT molecular complexity index is 339. The van der Waals surface area contributed by atoms with Crippen molar-refractivity contribution >= 4 is 37.5 Å². The second kappa shape index (κ2) is 10.5. The van der Waals surface area contributed by atoms with E-state index in [0.717, 1.165) is 12.8 Å². The molecule has 0 aliphatic rings. The third kappa shape index (κ3) is 10.2. The largest absolute Gasteiger partial charge is 0.287 e. The summed E-state index contributed by atoms with van der Waals surface area (Å²) >= 11 is 8.03. The van der Waals surface area contributed by atoms with E-state index >= 15 is 0 Å². The molecule has 0 aliphatic carbocycles. The van der Waals surface area contributed by atoms with Crippen molar-refractivity contribution < 1.29 is 9.59 Å². The number of hydrogen-bond donors (Lipinski definition) is 0. The van der Waals surface area contributed by atoms with E-state index in [0.29, 0.717) is 12.0 Å². The molecule has 0 fully saturated rings. The highest BCUT2D eigenvalue weighted by Crippen LogP contribution is 2.02. The minimum absolute atomic E-state index is 0.131. The van der Waals surface area contributed by atoms with Gasteiger partial charge in [-0.15, -0.1) is 0 Å². The summed E-state index contributed by atoms with van der Waals surface area (Å²) in [4.78, 5) is 20.6. The van der Waals surface area contributed by atoms with Crippen LogP contribution in [0.2, 0.25) is 0 Å². The molecular formula is C13H16BrClO2. The number of carbonyl (C=O) groups is 2. The Labute approximate surface area is 115 Å². The molecule has 0 aliphatic heterocycles. The Balaban J connectivity index is 0.000000304. The highest BCUT2D eigenvalue weighted by atomic mass is 79.9. The van der Waals surface area contributed by atoms with Crippen molar-refractivity contribution in [2.75, 3.05) is 0 Å². The van der Waals surface area contributed by atoms with Crippen molar-refractivity contribution in [3.63, 3.8) is 0 Å². The van der Waals surface area contributed by atoms with Gasteiger partial charge in [0.25, 0.3) is 5.24 Å². The van der Waals surface area contributed by atoms with E-state index in [9.17, 15) is 9.59 Å². The van der Waals surface area contributed by atoms with E-state index in [1.54, 1.807) is 24.3 Å². The quantitative estimate of drug-likeness (QED) is 0.589. The standard InChI is InChI=1S/C7H5ClO.C6H11BrO/c8-7(9)6-4-2-1-3-5-6;1-2-3-4-5-6(7)8/h1-5H;2-5H2,1H3. The maximum Gasteiger partial charge on any atom is 0.252 e. The molecule has 1 rings (SSSR count). The fourth-order valence-corrected chi connectivity index (χ4v) is 1.49. The Morgan fingerprint density at radius 2 is 1.76 bits per heavy atom. The zero-order valence-corrected chi connectivity index (χ0v) is 12.1. The van der Waals surface area contributed by atoms with Crippen molar-refractivity contribution in [2.45, 2.75) is 32.6 Å². The van der Waals surface area contributed by atoms with Crippen molar-refractivity contribution in [1.29, 1.82) is 0 Å². The van der Waals surface area contributed by atoms with Gasteiger partial charge in [-0.3, -0.25) is 9.59 Å². The van der Waals surface area contributed by atoms with Crippen LogP contribution in [0.15, 0.2) is 30.3 Å². The number of unbranched alkanes of at least 4 members (excludes halogenated alkanes) is 2. The lowest BCUT2D eigenvalue weighted by Crippen LogP contribution is -1.84. The smallest absolute Gasteiger partial charge is 0.252 e. The van der Waals surface area contributed by atoms with Gasteiger partial charge in [0.2, 0.25) is 0 Å². The molecule has 0 heterocycles. The van der Waals surface area contributed by atoms with Gasteiger partial charge in [0, 0.05) is 12.0 Å². The summed E-state index contributed by atoms with van der Waals surface area (Å²) in [5.41, 5.74) is 0.541. The van der Waals surface area contributed by atoms with Crippen molar-refractivity contribution in [3.05, 3.63) is 35.9 Å². The third-order valence-electron chi connectivity index (χ3n) is 1.98. The fraction of sp³-hybridized carbons (Fsp3) is 0.385. The van der Waals surface area contributed by atoms with Gasteiger partial charge < -0.3 is 0 Å². The van der Waals surface area contributed by atoms with E-state index < -0.39 is 5.24 Å². The van der Waals surface area contributed by atoms with Crippen LogP contribution >= 0.6 is 27.5 Å². The first-order valence-electron chi connectivity index (χ1n) is 5.51. The lowest BCUT2D eigenvalue weighted by Gasteiger charge is -1.89. The van der Waals surface area contributed by atoms with E-state index in [-0.39, 0.29) is 4.69 Å². The highest BCUT2D eigenvalue weighted by molar-refractivity contribution is 9.18. The molecule has 0 unspecified atom stereocenters. The van der Waals surface area contributed by atoms with Crippen molar-refractivity contribution in [1.82, 2.24) is 0 Å². The van der Waals surface area contributed by atoms with Gasteiger partial charge in [-0.1, -0.05) is 50.1 Å². The lowest BCUT2D eigenvalue weighted by molar-refractivity contribution is -0.110. The first kappa shape index (κ1) is 16.3. The average Bonchev–Trinajstić information content (AvgIpc) is 2.31. The monoisotopic (exact) mass is 318 g/mol. The van der Waals surface area contributed by atoms with Gasteiger partial charge in [-0.2, -0.15) is 0 Å². The number of benzene rings is 1. The topological polar surface area (TPSA) is 34.1 Å². The van der Waals surface area contributed by atoms with Gasteiger partial charge >= 0.3 is 0 Å². The Morgan fingerprint density at radius 3 is 2.12 bits per heavy atom.